The Balaban J connectivity index is 2.37. The lowest BCUT2D eigenvalue weighted by molar-refractivity contribution is 0.0699. The fourth-order valence-electron chi connectivity index (χ4n) is 2.25. The van der Waals surface area contributed by atoms with E-state index >= 15 is 0 Å². The fraction of sp³-hybridized carbons (Fsp3) is 0.133. The van der Waals surface area contributed by atoms with Gasteiger partial charge in [-0.2, -0.15) is 0 Å². The highest BCUT2D eigenvalue weighted by molar-refractivity contribution is 9.10. The van der Waals surface area contributed by atoms with Crippen molar-refractivity contribution in [1.82, 2.24) is 9.97 Å². The van der Waals surface area contributed by atoms with Crippen LogP contribution in [0.3, 0.4) is 0 Å². The number of fused-ring (bicyclic) bond motifs is 1. The molecule has 106 valence electrons. The van der Waals surface area contributed by atoms with Crippen molar-refractivity contribution < 1.29 is 9.90 Å². The number of carboxylic acid groups (broad SMARTS) is 1. The first-order valence-corrected chi connectivity index (χ1v) is 7.89. The molecule has 4 nitrogen and oxygen atoms in total. The van der Waals surface area contributed by atoms with E-state index in [0.717, 1.165) is 15.0 Å². The Labute approximate surface area is 133 Å². The first-order valence-electron chi connectivity index (χ1n) is 6.22. The molecule has 1 N–H and O–H groups in total. The van der Waals surface area contributed by atoms with Crippen LogP contribution in [0, 0.1) is 13.8 Å². The number of aryl methyl sites for hydroxylation is 2. The van der Waals surface area contributed by atoms with Crippen LogP contribution in [-0.2, 0) is 0 Å². The van der Waals surface area contributed by atoms with Gasteiger partial charge in [-0.05, 0) is 37.6 Å². The van der Waals surface area contributed by atoms with Gasteiger partial charge >= 0.3 is 5.97 Å². The molecule has 3 rings (SSSR count). The summed E-state index contributed by atoms with van der Waals surface area (Å²) in [6.07, 6.45) is 0. The molecule has 0 aliphatic carbocycles. The van der Waals surface area contributed by atoms with Gasteiger partial charge in [0.05, 0.1) is 27.5 Å². The zero-order chi connectivity index (χ0) is 15.1. The third-order valence-corrected chi connectivity index (χ3v) is 4.41. The molecule has 6 heteroatoms. The zero-order valence-electron chi connectivity index (χ0n) is 11.3. The molecule has 0 unspecified atom stereocenters. The van der Waals surface area contributed by atoms with E-state index in [-0.39, 0.29) is 5.56 Å². The van der Waals surface area contributed by atoms with Gasteiger partial charge in [0.15, 0.2) is 0 Å². The summed E-state index contributed by atoms with van der Waals surface area (Å²) in [5.74, 6) is -0.965. The minimum Gasteiger partial charge on any atom is -0.478 e. The number of halogens is 1. The number of hydrogen-bond acceptors (Lipinski definition) is 4. The number of carboxylic acids is 1. The van der Waals surface area contributed by atoms with Crippen LogP contribution in [-0.4, -0.2) is 21.0 Å². The molecule has 0 bridgehead atoms. The number of pyridine rings is 1. The van der Waals surface area contributed by atoms with Crippen LogP contribution in [0.5, 0.6) is 0 Å². The second-order valence-electron chi connectivity index (χ2n) is 4.73. The average molecular weight is 363 g/mol. The first kappa shape index (κ1) is 14.2. The number of carbonyl (C=O) groups is 1. The molecule has 0 saturated carbocycles. The lowest BCUT2D eigenvalue weighted by Gasteiger charge is -2.08. The summed E-state index contributed by atoms with van der Waals surface area (Å²) in [5, 5.41) is 12.9. The number of hydrogen-bond donors (Lipinski definition) is 1. The molecule has 3 aromatic rings. The van der Waals surface area contributed by atoms with Crippen molar-refractivity contribution in [1.29, 1.82) is 0 Å². The first-order chi connectivity index (χ1) is 9.95. The minimum absolute atomic E-state index is 0.241. The maximum absolute atomic E-state index is 11.6. The molecule has 0 aliphatic rings. The Hall–Kier alpha value is -1.79. The van der Waals surface area contributed by atoms with E-state index < -0.39 is 5.97 Å². The molecular weight excluding hydrogens is 352 g/mol. The molecular formula is C15H11BrN2O2S. The van der Waals surface area contributed by atoms with Crippen molar-refractivity contribution in [3.8, 4) is 11.4 Å². The maximum Gasteiger partial charge on any atom is 0.336 e. The molecule has 0 atom stereocenters. The van der Waals surface area contributed by atoms with Crippen molar-refractivity contribution in [3.05, 3.63) is 44.2 Å². The molecule has 0 spiro atoms. The summed E-state index contributed by atoms with van der Waals surface area (Å²) in [4.78, 5) is 20.6. The van der Waals surface area contributed by atoms with E-state index in [9.17, 15) is 9.90 Å². The SMILES string of the molecule is Cc1nc(-c2cc(C(=O)O)c3cc(Br)cc(C)c3n2)cs1. The monoisotopic (exact) mass is 362 g/mol. The Kier molecular flexibility index (Phi) is 3.51. The van der Waals surface area contributed by atoms with Gasteiger partial charge in [-0.15, -0.1) is 11.3 Å². The number of aromatic nitrogens is 2. The van der Waals surface area contributed by atoms with Crippen LogP contribution in [0.2, 0.25) is 0 Å². The number of benzene rings is 1. The van der Waals surface area contributed by atoms with E-state index in [1.807, 2.05) is 25.3 Å². The van der Waals surface area contributed by atoms with E-state index in [4.69, 9.17) is 0 Å². The maximum atomic E-state index is 11.6. The highest BCUT2D eigenvalue weighted by Crippen LogP contribution is 2.30. The van der Waals surface area contributed by atoms with E-state index in [2.05, 4.69) is 25.9 Å². The van der Waals surface area contributed by atoms with Gasteiger partial charge in [-0.3, -0.25) is 0 Å². The van der Waals surface area contributed by atoms with Crippen molar-refractivity contribution in [2.75, 3.05) is 0 Å². The second-order valence-corrected chi connectivity index (χ2v) is 6.71. The van der Waals surface area contributed by atoms with Gasteiger partial charge in [0.1, 0.15) is 0 Å². The highest BCUT2D eigenvalue weighted by Gasteiger charge is 2.16. The summed E-state index contributed by atoms with van der Waals surface area (Å²) >= 11 is 4.92. The summed E-state index contributed by atoms with van der Waals surface area (Å²) in [5.41, 5.74) is 3.17. The number of thiazole rings is 1. The minimum atomic E-state index is -0.965. The number of rotatable bonds is 2. The van der Waals surface area contributed by atoms with Gasteiger partial charge in [0.2, 0.25) is 0 Å². The number of nitrogens with zero attached hydrogens (tertiary/aromatic N) is 2. The van der Waals surface area contributed by atoms with Gasteiger partial charge < -0.3 is 5.11 Å². The Morgan fingerprint density at radius 2 is 1.95 bits per heavy atom. The van der Waals surface area contributed by atoms with Crippen molar-refractivity contribution in [3.63, 3.8) is 0 Å². The third-order valence-electron chi connectivity index (χ3n) is 3.18. The molecule has 2 aromatic heterocycles. The van der Waals surface area contributed by atoms with Crippen LogP contribution in [0.15, 0.2) is 28.1 Å². The molecule has 21 heavy (non-hydrogen) atoms. The standard InChI is InChI=1S/C15H11BrN2O2S/c1-7-3-9(16)4-10-11(15(19)20)5-12(18-14(7)10)13-6-21-8(2)17-13/h3-6H,1-2H3,(H,19,20). The summed E-state index contributed by atoms with van der Waals surface area (Å²) in [7, 11) is 0. The van der Waals surface area contributed by atoms with Crippen molar-refractivity contribution >= 4 is 44.1 Å². The predicted molar refractivity (Wildman–Crippen MR) is 87.0 cm³/mol. The fourth-order valence-corrected chi connectivity index (χ4v) is 3.42. The Morgan fingerprint density at radius 3 is 2.57 bits per heavy atom. The lowest BCUT2D eigenvalue weighted by Crippen LogP contribution is -2.01. The summed E-state index contributed by atoms with van der Waals surface area (Å²) < 4.78 is 0.842. The average Bonchev–Trinajstić information content (AvgIpc) is 2.84. The summed E-state index contributed by atoms with van der Waals surface area (Å²) in [6, 6.07) is 5.30. The quantitative estimate of drug-likeness (QED) is 0.731. The normalized spacial score (nSPS) is 11.0. The largest absolute Gasteiger partial charge is 0.478 e. The van der Waals surface area contributed by atoms with Crippen molar-refractivity contribution in [2.24, 2.45) is 0 Å². The smallest absolute Gasteiger partial charge is 0.336 e. The predicted octanol–water partition coefficient (Wildman–Crippen LogP) is 4.44. The zero-order valence-corrected chi connectivity index (χ0v) is 13.7. The van der Waals surface area contributed by atoms with Crippen LogP contribution in [0.1, 0.15) is 20.9 Å². The van der Waals surface area contributed by atoms with Gasteiger partial charge in [0.25, 0.3) is 0 Å². The van der Waals surface area contributed by atoms with E-state index in [0.29, 0.717) is 22.3 Å². The molecule has 0 amide bonds. The second kappa shape index (κ2) is 5.20. The highest BCUT2D eigenvalue weighted by atomic mass is 79.9. The Bertz CT molecular complexity index is 873. The molecule has 0 saturated heterocycles. The topological polar surface area (TPSA) is 63.1 Å². The van der Waals surface area contributed by atoms with Crippen LogP contribution < -0.4 is 0 Å². The van der Waals surface area contributed by atoms with Crippen LogP contribution >= 0.6 is 27.3 Å². The van der Waals surface area contributed by atoms with Crippen LogP contribution in [0.4, 0.5) is 0 Å². The molecule has 1 aromatic carbocycles. The van der Waals surface area contributed by atoms with E-state index in [1.54, 1.807) is 12.1 Å². The van der Waals surface area contributed by atoms with E-state index in [1.165, 1.54) is 11.3 Å². The van der Waals surface area contributed by atoms with Crippen LogP contribution in [0.25, 0.3) is 22.3 Å². The van der Waals surface area contributed by atoms with Gasteiger partial charge in [-0.1, -0.05) is 15.9 Å². The molecule has 0 aliphatic heterocycles. The third kappa shape index (κ3) is 2.56. The lowest BCUT2D eigenvalue weighted by atomic mass is 10.0. The van der Waals surface area contributed by atoms with Gasteiger partial charge in [-0.25, -0.2) is 14.8 Å². The Morgan fingerprint density at radius 1 is 1.19 bits per heavy atom. The number of aromatic carboxylic acids is 1. The molecule has 0 fully saturated rings. The van der Waals surface area contributed by atoms with Crippen molar-refractivity contribution in [2.45, 2.75) is 13.8 Å². The summed E-state index contributed by atoms with van der Waals surface area (Å²) in [6.45, 7) is 3.83. The van der Waals surface area contributed by atoms with Gasteiger partial charge in [0, 0.05) is 15.2 Å². The molecule has 2 heterocycles. The molecule has 0 radical (unpaired) electrons.